The maximum Gasteiger partial charge on any atom is 0.234 e. The number of amides is 1. The van der Waals surface area contributed by atoms with E-state index < -0.39 is 0 Å². The van der Waals surface area contributed by atoms with Gasteiger partial charge in [-0.1, -0.05) is 43.8 Å². The fourth-order valence-corrected chi connectivity index (χ4v) is 3.94. The number of benzene rings is 2. The minimum absolute atomic E-state index is 0.0764. The summed E-state index contributed by atoms with van der Waals surface area (Å²) < 4.78 is 13.3. The summed E-state index contributed by atoms with van der Waals surface area (Å²) in [5, 5.41) is 12.4. The van der Waals surface area contributed by atoms with E-state index in [2.05, 4.69) is 29.4 Å². The van der Waals surface area contributed by atoms with Crippen molar-refractivity contribution in [3.8, 4) is 11.5 Å². The Morgan fingerprint density at radius 2 is 1.75 bits per heavy atom. The van der Waals surface area contributed by atoms with Crippen molar-refractivity contribution in [2.75, 3.05) is 18.2 Å². The topological polar surface area (TPSA) is 78.3 Å². The Kier molecular flexibility index (Phi) is 8.16. The third kappa shape index (κ3) is 6.26. The quantitative estimate of drug-likeness (QED) is 0.428. The second-order valence-corrected chi connectivity index (χ2v) is 8.88. The van der Waals surface area contributed by atoms with Gasteiger partial charge in [0.25, 0.3) is 0 Å². The summed E-state index contributed by atoms with van der Waals surface area (Å²) in [7, 11) is 1.63. The second kappa shape index (κ2) is 11.0. The van der Waals surface area contributed by atoms with Crippen LogP contribution in [0, 0.1) is 12.8 Å². The molecule has 2 aromatic carbocycles. The SMILES string of the molecule is COc1ccc(OC(C)c2nnc(SCC(=O)Nc3ccccc3C)n2CC(C)C)cc1. The number of carbonyl (C=O) groups is 1. The highest BCUT2D eigenvalue weighted by molar-refractivity contribution is 7.99. The summed E-state index contributed by atoms with van der Waals surface area (Å²) in [4.78, 5) is 12.5. The van der Waals surface area contributed by atoms with Gasteiger partial charge in [-0.3, -0.25) is 4.79 Å². The highest BCUT2D eigenvalue weighted by Crippen LogP contribution is 2.27. The predicted molar refractivity (Wildman–Crippen MR) is 127 cm³/mol. The van der Waals surface area contributed by atoms with Gasteiger partial charge in [-0.05, 0) is 55.7 Å². The smallest absolute Gasteiger partial charge is 0.234 e. The van der Waals surface area contributed by atoms with Crippen LogP contribution in [0.1, 0.15) is 38.3 Å². The van der Waals surface area contributed by atoms with Crippen molar-refractivity contribution in [1.82, 2.24) is 14.8 Å². The second-order valence-electron chi connectivity index (χ2n) is 7.93. The molecule has 3 aromatic rings. The van der Waals surface area contributed by atoms with Gasteiger partial charge in [0.1, 0.15) is 11.5 Å². The average molecular weight is 455 g/mol. The van der Waals surface area contributed by atoms with E-state index in [4.69, 9.17) is 9.47 Å². The van der Waals surface area contributed by atoms with Gasteiger partial charge in [-0.15, -0.1) is 10.2 Å². The first-order valence-electron chi connectivity index (χ1n) is 10.6. The van der Waals surface area contributed by atoms with Crippen LogP contribution in [0.25, 0.3) is 0 Å². The molecule has 8 heteroatoms. The summed E-state index contributed by atoms with van der Waals surface area (Å²) >= 11 is 1.38. The molecular formula is C24H30N4O3S. The number of methoxy groups -OCH3 is 1. The van der Waals surface area contributed by atoms with Crippen molar-refractivity contribution in [3.63, 3.8) is 0 Å². The van der Waals surface area contributed by atoms with E-state index in [-0.39, 0.29) is 17.8 Å². The number of thioether (sulfide) groups is 1. The predicted octanol–water partition coefficient (Wildman–Crippen LogP) is 5.12. The van der Waals surface area contributed by atoms with Crippen molar-refractivity contribution < 1.29 is 14.3 Å². The fourth-order valence-electron chi connectivity index (χ4n) is 3.18. The summed E-state index contributed by atoms with van der Waals surface area (Å²) in [5.41, 5.74) is 1.85. The van der Waals surface area contributed by atoms with Gasteiger partial charge in [0.2, 0.25) is 5.91 Å². The van der Waals surface area contributed by atoms with E-state index in [1.165, 1.54) is 11.8 Å². The Morgan fingerprint density at radius 3 is 2.41 bits per heavy atom. The molecule has 1 unspecified atom stereocenters. The number of aromatic nitrogens is 3. The van der Waals surface area contributed by atoms with Gasteiger partial charge in [0.05, 0.1) is 12.9 Å². The Morgan fingerprint density at radius 1 is 1.06 bits per heavy atom. The Labute approximate surface area is 193 Å². The third-order valence-corrected chi connectivity index (χ3v) is 5.75. The lowest BCUT2D eigenvalue weighted by atomic mass is 10.2. The molecule has 1 N–H and O–H groups in total. The van der Waals surface area contributed by atoms with Crippen LogP contribution >= 0.6 is 11.8 Å². The minimum atomic E-state index is -0.301. The Balaban J connectivity index is 1.69. The van der Waals surface area contributed by atoms with Crippen molar-refractivity contribution in [1.29, 1.82) is 0 Å². The summed E-state index contributed by atoms with van der Waals surface area (Å²) in [5.74, 6) is 2.79. The summed E-state index contributed by atoms with van der Waals surface area (Å²) in [6.45, 7) is 8.93. The molecule has 0 bridgehead atoms. The van der Waals surface area contributed by atoms with Gasteiger partial charge in [0, 0.05) is 12.2 Å². The molecule has 0 aliphatic rings. The van der Waals surface area contributed by atoms with Gasteiger partial charge in [-0.2, -0.15) is 0 Å². The van der Waals surface area contributed by atoms with E-state index in [1.54, 1.807) is 7.11 Å². The summed E-state index contributed by atoms with van der Waals surface area (Å²) in [6, 6.07) is 15.2. The van der Waals surface area contributed by atoms with Crippen LogP contribution in [0.4, 0.5) is 5.69 Å². The van der Waals surface area contributed by atoms with Crippen molar-refractivity contribution >= 4 is 23.4 Å². The molecule has 0 aliphatic heterocycles. The number of nitrogens with zero attached hydrogens (tertiary/aromatic N) is 3. The Bertz CT molecular complexity index is 1030. The molecule has 1 atom stereocenters. The maximum atomic E-state index is 12.5. The first-order chi connectivity index (χ1) is 15.4. The number of aryl methyl sites for hydroxylation is 1. The summed E-state index contributed by atoms with van der Waals surface area (Å²) in [6.07, 6.45) is -0.301. The molecule has 1 amide bonds. The highest BCUT2D eigenvalue weighted by Gasteiger charge is 2.21. The first kappa shape index (κ1) is 23.7. The lowest BCUT2D eigenvalue weighted by molar-refractivity contribution is -0.113. The normalized spacial score (nSPS) is 11.9. The van der Waals surface area contributed by atoms with Crippen LogP contribution in [0.3, 0.4) is 0 Å². The molecule has 3 rings (SSSR count). The number of para-hydroxylation sites is 1. The molecule has 0 fully saturated rings. The largest absolute Gasteiger partial charge is 0.497 e. The number of anilines is 1. The number of rotatable bonds is 10. The van der Waals surface area contributed by atoms with E-state index in [1.807, 2.05) is 66.9 Å². The van der Waals surface area contributed by atoms with Gasteiger partial charge >= 0.3 is 0 Å². The molecule has 7 nitrogen and oxygen atoms in total. The zero-order chi connectivity index (χ0) is 23.1. The van der Waals surface area contributed by atoms with Crippen LogP contribution in [-0.4, -0.2) is 33.5 Å². The van der Waals surface area contributed by atoms with Crippen LogP contribution in [-0.2, 0) is 11.3 Å². The number of carbonyl (C=O) groups excluding carboxylic acids is 1. The minimum Gasteiger partial charge on any atom is -0.497 e. The van der Waals surface area contributed by atoms with Gasteiger partial charge in [0.15, 0.2) is 17.1 Å². The molecule has 0 saturated heterocycles. The van der Waals surface area contributed by atoms with Gasteiger partial charge < -0.3 is 19.4 Å². The lowest BCUT2D eigenvalue weighted by Gasteiger charge is -2.18. The molecule has 0 radical (unpaired) electrons. The highest BCUT2D eigenvalue weighted by atomic mass is 32.2. The van der Waals surface area contributed by atoms with Crippen molar-refractivity contribution in [3.05, 3.63) is 59.9 Å². The molecule has 0 saturated carbocycles. The van der Waals surface area contributed by atoms with Crippen molar-refractivity contribution in [2.24, 2.45) is 5.92 Å². The van der Waals surface area contributed by atoms with Crippen LogP contribution in [0.2, 0.25) is 0 Å². The van der Waals surface area contributed by atoms with Crippen LogP contribution in [0.5, 0.6) is 11.5 Å². The number of ether oxygens (including phenoxy) is 2. The lowest BCUT2D eigenvalue weighted by Crippen LogP contribution is -2.17. The fraction of sp³-hybridized carbons (Fsp3) is 0.375. The molecule has 0 aliphatic carbocycles. The number of hydrogen-bond donors (Lipinski definition) is 1. The zero-order valence-electron chi connectivity index (χ0n) is 19.2. The van der Waals surface area contributed by atoms with E-state index >= 15 is 0 Å². The van der Waals surface area contributed by atoms with E-state index in [0.717, 1.165) is 35.1 Å². The molecule has 1 aromatic heterocycles. The first-order valence-corrected chi connectivity index (χ1v) is 11.6. The number of hydrogen-bond acceptors (Lipinski definition) is 6. The number of nitrogens with one attached hydrogen (secondary N) is 1. The van der Waals surface area contributed by atoms with Crippen LogP contribution < -0.4 is 14.8 Å². The molecule has 0 spiro atoms. The molecule has 32 heavy (non-hydrogen) atoms. The van der Waals surface area contributed by atoms with E-state index in [0.29, 0.717) is 11.1 Å². The van der Waals surface area contributed by atoms with Crippen LogP contribution in [0.15, 0.2) is 53.7 Å². The van der Waals surface area contributed by atoms with Crippen molar-refractivity contribution in [2.45, 2.75) is 45.5 Å². The van der Waals surface area contributed by atoms with E-state index in [9.17, 15) is 4.79 Å². The Hall–Kier alpha value is -3.00. The van der Waals surface area contributed by atoms with Gasteiger partial charge in [-0.25, -0.2) is 0 Å². The molecule has 170 valence electrons. The average Bonchev–Trinajstić information content (AvgIpc) is 3.16. The molecular weight excluding hydrogens is 424 g/mol. The monoisotopic (exact) mass is 454 g/mol. The standard InChI is InChI=1S/C24H30N4O3S/c1-16(2)14-28-23(18(4)31-20-12-10-19(30-5)11-13-20)26-27-24(28)32-15-22(29)25-21-9-7-6-8-17(21)3/h6-13,16,18H,14-15H2,1-5H3,(H,25,29). The molecule has 1 heterocycles. The zero-order valence-corrected chi connectivity index (χ0v) is 20.0. The third-order valence-electron chi connectivity index (χ3n) is 4.78. The maximum absolute atomic E-state index is 12.5.